The second-order valence-electron chi connectivity index (χ2n) is 5.22. The topological polar surface area (TPSA) is 60.8 Å². The molecular weight excluding hydrogens is 306 g/mol. The summed E-state index contributed by atoms with van der Waals surface area (Å²) in [5.74, 6) is -1.10. The van der Waals surface area contributed by atoms with Crippen LogP contribution in [0.1, 0.15) is 12.5 Å². The Morgan fingerprint density at radius 2 is 2.10 bits per heavy atom. The monoisotopic (exact) mass is 321 g/mol. The number of carboxylic acid groups (broad SMARTS) is 1. The maximum atomic E-state index is 11.6. The van der Waals surface area contributed by atoms with Gasteiger partial charge in [0.05, 0.1) is 22.4 Å². The Morgan fingerprint density at radius 1 is 1.43 bits per heavy atom. The van der Waals surface area contributed by atoms with E-state index in [9.17, 15) is 15.0 Å². The van der Waals surface area contributed by atoms with Crippen molar-refractivity contribution in [1.82, 2.24) is 4.90 Å². The highest BCUT2D eigenvalue weighted by Crippen LogP contribution is 2.51. The molecule has 0 spiro atoms. The summed E-state index contributed by atoms with van der Waals surface area (Å²) in [6, 6.07) is 9.77. The Labute approximate surface area is 132 Å². The van der Waals surface area contributed by atoms with Gasteiger partial charge in [-0.3, -0.25) is 0 Å². The van der Waals surface area contributed by atoms with E-state index in [0.29, 0.717) is 11.4 Å². The largest absolute Gasteiger partial charge is 0.477 e. The smallest absolute Gasteiger partial charge is 0.353 e. The zero-order valence-electron chi connectivity index (χ0n) is 11.4. The summed E-state index contributed by atoms with van der Waals surface area (Å²) in [4.78, 5) is 14.6. The number of allylic oxidation sites excluding steroid dienone is 1. The van der Waals surface area contributed by atoms with Gasteiger partial charge in [0.2, 0.25) is 0 Å². The van der Waals surface area contributed by atoms with E-state index in [-0.39, 0.29) is 17.0 Å². The molecule has 0 amide bonds. The molecule has 0 radical (unpaired) electrons. The number of fused-ring (bicyclic) bond motifs is 1. The van der Waals surface area contributed by atoms with Gasteiger partial charge in [-0.1, -0.05) is 42.5 Å². The number of nitrogens with zero attached hydrogens (tertiary/aromatic N) is 1. The fourth-order valence-electron chi connectivity index (χ4n) is 2.76. The lowest BCUT2D eigenvalue weighted by molar-refractivity contribution is -0.134. The summed E-state index contributed by atoms with van der Waals surface area (Å²) in [5, 5.41) is 19.2. The Balaban J connectivity index is 1.89. The van der Waals surface area contributed by atoms with Gasteiger partial charge in [-0.05, 0) is 12.5 Å². The van der Waals surface area contributed by atoms with Crippen molar-refractivity contribution in [1.29, 1.82) is 0 Å². The van der Waals surface area contributed by atoms with Crippen molar-refractivity contribution >= 4 is 34.9 Å². The van der Waals surface area contributed by atoms with E-state index in [1.807, 2.05) is 30.3 Å². The fraction of sp³-hybridized carbons (Fsp3) is 0.333. The molecule has 0 aromatic heterocycles. The number of carbonyl (C=O) groups is 1. The lowest BCUT2D eigenvalue weighted by Gasteiger charge is -2.46. The number of hydrogen-bond donors (Lipinski definition) is 2. The molecule has 21 heavy (non-hydrogen) atoms. The first-order valence-corrected chi connectivity index (χ1v) is 7.97. The second-order valence-corrected chi connectivity index (χ2v) is 6.85. The third-order valence-electron chi connectivity index (χ3n) is 3.78. The van der Waals surface area contributed by atoms with Crippen LogP contribution in [0.4, 0.5) is 0 Å². The molecule has 1 saturated heterocycles. The number of aliphatic hydroxyl groups excluding tert-OH is 1. The van der Waals surface area contributed by atoms with Gasteiger partial charge in [0, 0.05) is 11.3 Å². The van der Waals surface area contributed by atoms with Gasteiger partial charge in [0.15, 0.2) is 0 Å². The van der Waals surface area contributed by atoms with Crippen LogP contribution in [0, 0.1) is 5.92 Å². The van der Waals surface area contributed by atoms with Crippen molar-refractivity contribution in [3.05, 3.63) is 46.5 Å². The first-order chi connectivity index (χ1) is 10.0. The molecule has 0 bridgehead atoms. The lowest BCUT2D eigenvalue weighted by atomic mass is 9.93. The third kappa shape index (κ3) is 2.37. The molecule has 1 aromatic rings. The highest BCUT2D eigenvalue weighted by atomic mass is 32.2. The van der Waals surface area contributed by atoms with Crippen molar-refractivity contribution in [2.75, 3.05) is 0 Å². The SMILES string of the molecule is CC(O)[C@@H]1C(=S)N2C(C(=O)O)=C(Cc3ccccc3)S[C@H]12. The molecule has 0 saturated carbocycles. The van der Waals surface area contributed by atoms with Crippen LogP contribution in [0.3, 0.4) is 0 Å². The van der Waals surface area contributed by atoms with Gasteiger partial charge < -0.3 is 15.1 Å². The Hall–Kier alpha value is -1.37. The third-order valence-corrected chi connectivity index (χ3v) is 5.62. The van der Waals surface area contributed by atoms with Crippen LogP contribution in [0.15, 0.2) is 40.9 Å². The molecule has 2 aliphatic rings. The average Bonchev–Trinajstić information content (AvgIpc) is 2.74. The molecule has 0 aliphatic carbocycles. The molecule has 2 N–H and O–H groups in total. The van der Waals surface area contributed by atoms with E-state index in [1.165, 1.54) is 11.8 Å². The van der Waals surface area contributed by atoms with Crippen LogP contribution in [-0.4, -0.2) is 37.5 Å². The van der Waals surface area contributed by atoms with Crippen molar-refractivity contribution in [2.24, 2.45) is 5.92 Å². The minimum absolute atomic E-state index is 0.0812. The first kappa shape index (κ1) is 14.6. The zero-order valence-corrected chi connectivity index (χ0v) is 13.0. The van der Waals surface area contributed by atoms with Crippen LogP contribution in [0.25, 0.3) is 0 Å². The summed E-state index contributed by atoms with van der Waals surface area (Å²) in [6.45, 7) is 1.70. The Bertz CT molecular complexity index is 627. The molecule has 1 fully saturated rings. The molecule has 3 rings (SSSR count). The fourth-order valence-corrected chi connectivity index (χ4v) is 5.11. The molecule has 2 aliphatic heterocycles. The van der Waals surface area contributed by atoms with Crippen molar-refractivity contribution in [3.8, 4) is 0 Å². The Morgan fingerprint density at radius 3 is 2.67 bits per heavy atom. The van der Waals surface area contributed by atoms with Crippen LogP contribution < -0.4 is 0 Å². The van der Waals surface area contributed by atoms with E-state index in [4.69, 9.17) is 12.2 Å². The number of thiocarbonyl (C=S) groups is 1. The number of benzene rings is 1. The van der Waals surface area contributed by atoms with E-state index in [2.05, 4.69) is 0 Å². The minimum atomic E-state index is -0.956. The predicted octanol–water partition coefficient (Wildman–Crippen LogP) is 2.24. The summed E-state index contributed by atoms with van der Waals surface area (Å²) in [6.07, 6.45) is 0.0207. The second kappa shape index (κ2) is 5.44. The van der Waals surface area contributed by atoms with Crippen LogP contribution in [0.5, 0.6) is 0 Å². The standard InChI is InChI=1S/C15H15NO3S2/c1-8(17)11-13(20)16-12(15(18)19)10(21-14(11)16)7-9-5-3-2-4-6-9/h2-6,8,11,14,17H,7H2,1H3,(H,18,19)/t8?,11-,14-/m1/s1. The normalized spacial score (nSPS) is 25.6. The number of carboxylic acids is 1. The molecule has 6 heteroatoms. The highest BCUT2D eigenvalue weighted by Gasteiger charge is 2.54. The van der Waals surface area contributed by atoms with Gasteiger partial charge in [0.1, 0.15) is 5.70 Å². The molecule has 1 unspecified atom stereocenters. The van der Waals surface area contributed by atoms with E-state index >= 15 is 0 Å². The van der Waals surface area contributed by atoms with E-state index in [0.717, 1.165) is 10.5 Å². The quantitative estimate of drug-likeness (QED) is 0.830. The lowest BCUT2D eigenvalue weighted by Crippen LogP contribution is -2.59. The van der Waals surface area contributed by atoms with Crippen molar-refractivity contribution in [2.45, 2.75) is 24.8 Å². The molecule has 4 nitrogen and oxygen atoms in total. The first-order valence-electron chi connectivity index (χ1n) is 6.69. The molecular formula is C15H15NO3S2. The maximum absolute atomic E-state index is 11.6. The maximum Gasteiger partial charge on any atom is 0.353 e. The number of aliphatic carboxylic acids is 1. The molecule has 2 heterocycles. The number of thioether (sulfide) groups is 1. The van der Waals surface area contributed by atoms with E-state index < -0.39 is 12.1 Å². The summed E-state index contributed by atoms with van der Waals surface area (Å²) >= 11 is 6.80. The minimum Gasteiger partial charge on any atom is -0.477 e. The Kier molecular flexibility index (Phi) is 3.77. The summed E-state index contributed by atoms with van der Waals surface area (Å²) < 4.78 is 0. The number of hydrogen-bond acceptors (Lipinski definition) is 4. The highest BCUT2D eigenvalue weighted by molar-refractivity contribution is 8.04. The van der Waals surface area contributed by atoms with Gasteiger partial charge in [-0.2, -0.15) is 0 Å². The van der Waals surface area contributed by atoms with Gasteiger partial charge >= 0.3 is 5.97 Å². The molecule has 3 atom stereocenters. The molecule has 110 valence electrons. The van der Waals surface area contributed by atoms with Gasteiger partial charge in [0.25, 0.3) is 0 Å². The molecule has 1 aromatic carbocycles. The summed E-state index contributed by atoms with van der Waals surface area (Å²) in [7, 11) is 0. The van der Waals surface area contributed by atoms with Crippen molar-refractivity contribution < 1.29 is 15.0 Å². The number of aliphatic hydroxyl groups is 1. The predicted molar refractivity (Wildman–Crippen MR) is 85.8 cm³/mol. The summed E-state index contributed by atoms with van der Waals surface area (Å²) in [5.41, 5.74) is 1.34. The van der Waals surface area contributed by atoms with Gasteiger partial charge in [-0.25, -0.2) is 4.79 Å². The van der Waals surface area contributed by atoms with E-state index in [1.54, 1.807) is 11.8 Å². The van der Waals surface area contributed by atoms with Gasteiger partial charge in [-0.15, -0.1) is 11.8 Å². The average molecular weight is 321 g/mol. The zero-order chi connectivity index (χ0) is 15.1. The van der Waals surface area contributed by atoms with Crippen LogP contribution in [0.2, 0.25) is 0 Å². The van der Waals surface area contributed by atoms with Crippen LogP contribution in [-0.2, 0) is 11.2 Å². The van der Waals surface area contributed by atoms with Crippen molar-refractivity contribution in [3.63, 3.8) is 0 Å². The number of rotatable bonds is 4. The van der Waals surface area contributed by atoms with Crippen LogP contribution >= 0.6 is 24.0 Å².